The lowest BCUT2D eigenvalue weighted by Gasteiger charge is -2.23. The van der Waals surface area contributed by atoms with Gasteiger partial charge in [0, 0.05) is 32.9 Å². The average molecular weight is 389 g/mol. The van der Waals surface area contributed by atoms with Crippen molar-refractivity contribution in [1.29, 1.82) is 0 Å². The van der Waals surface area contributed by atoms with Gasteiger partial charge in [-0.25, -0.2) is 8.42 Å². The fraction of sp³-hybridized carbons (Fsp3) is 0.909. The quantitative estimate of drug-likeness (QED) is 0.444. The number of likely N-dealkylation sites (tertiary alicyclic amines) is 1. The molecule has 1 aliphatic rings. The second-order valence-electron chi connectivity index (χ2n) is 5.44. The van der Waals surface area contributed by atoms with Crippen molar-refractivity contribution in [3.05, 3.63) is 0 Å². The minimum absolute atomic E-state index is 0. The molecule has 1 aliphatic heterocycles. The zero-order valence-electron chi connectivity index (χ0n) is 11.6. The molecule has 1 fully saturated rings. The monoisotopic (exact) mass is 389 g/mol. The van der Waals surface area contributed by atoms with Crippen molar-refractivity contribution in [2.45, 2.75) is 20.3 Å². The van der Waals surface area contributed by atoms with Crippen LogP contribution in [0.15, 0.2) is 4.99 Å². The van der Waals surface area contributed by atoms with Crippen molar-refractivity contribution in [1.82, 2.24) is 10.2 Å². The number of nitrogens with one attached hydrogen (secondary N) is 1. The lowest BCUT2D eigenvalue weighted by atomic mass is 9.93. The smallest absolute Gasteiger partial charge is 0.193 e. The Bertz CT molecular complexity index is 393. The van der Waals surface area contributed by atoms with Gasteiger partial charge in [-0.1, -0.05) is 13.8 Å². The number of hydrogen-bond acceptors (Lipinski definition) is 3. The summed E-state index contributed by atoms with van der Waals surface area (Å²) >= 11 is 0. The van der Waals surface area contributed by atoms with Crippen LogP contribution < -0.4 is 5.32 Å². The summed E-state index contributed by atoms with van der Waals surface area (Å²) in [6, 6.07) is 0. The highest BCUT2D eigenvalue weighted by Gasteiger charge is 2.30. The number of sulfone groups is 1. The number of rotatable bonds is 3. The van der Waals surface area contributed by atoms with E-state index in [0.717, 1.165) is 25.5 Å². The maximum Gasteiger partial charge on any atom is 0.193 e. The van der Waals surface area contributed by atoms with Crippen molar-refractivity contribution >= 4 is 39.8 Å². The molecule has 1 N–H and O–H groups in total. The van der Waals surface area contributed by atoms with Gasteiger partial charge in [0.05, 0.1) is 5.75 Å². The molecule has 0 aromatic rings. The van der Waals surface area contributed by atoms with Crippen LogP contribution in [0.5, 0.6) is 0 Å². The molecule has 1 heterocycles. The topological polar surface area (TPSA) is 61.8 Å². The Balaban J connectivity index is 0.00000289. The normalized spacial score (nSPS) is 19.6. The molecule has 5 nitrogen and oxygen atoms in total. The van der Waals surface area contributed by atoms with Crippen molar-refractivity contribution in [3.8, 4) is 0 Å². The minimum atomic E-state index is -2.91. The van der Waals surface area contributed by atoms with E-state index in [0.29, 0.717) is 12.0 Å². The molecule has 0 aliphatic carbocycles. The third kappa shape index (κ3) is 6.21. The predicted molar refractivity (Wildman–Crippen MR) is 86.5 cm³/mol. The van der Waals surface area contributed by atoms with Crippen molar-refractivity contribution in [3.63, 3.8) is 0 Å². The molecule has 1 saturated heterocycles. The average Bonchev–Trinajstić information content (AvgIpc) is 2.52. The van der Waals surface area contributed by atoms with E-state index in [2.05, 4.69) is 29.1 Å². The molecular formula is C11H24IN3O2S. The summed E-state index contributed by atoms with van der Waals surface area (Å²) in [5, 5.41) is 3.10. The Labute approximate surface area is 127 Å². The van der Waals surface area contributed by atoms with E-state index in [1.807, 2.05) is 0 Å². The van der Waals surface area contributed by atoms with Crippen LogP contribution in [0, 0.1) is 5.41 Å². The van der Waals surface area contributed by atoms with E-state index in [-0.39, 0.29) is 29.7 Å². The summed E-state index contributed by atoms with van der Waals surface area (Å²) in [6.07, 6.45) is 2.39. The fourth-order valence-corrected chi connectivity index (χ4v) is 2.45. The summed E-state index contributed by atoms with van der Waals surface area (Å²) in [4.78, 5) is 6.37. The molecular weight excluding hydrogens is 365 g/mol. The zero-order valence-corrected chi connectivity index (χ0v) is 14.7. The van der Waals surface area contributed by atoms with Crippen molar-refractivity contribution in [2.75, 3.05) is 38.7 Å². The van der Waals surface area contributed by atoms with Gasteiger partial charge in [0.1, 0.15) is 9.84 Å². The summed E-state index contributed by atoms with van der Waals surface area (Å²) in [7, 11) is -1.18. The maximum absolute atomic E-state index is 11.0. The van der Waals surface area contributed by atoms with E-state index in [4.69, 9.17) is 0 Å². The van der Waals surface area contributed by atoms with Crippen LogP contribution in [0.4, 0.5) is 0 Å². The first-order chi connectivity index (χ1) is 7.73. The van der Waals surface area contributed by atoms with E-state index in [1.54, 1.807) is 7.05 Å². The predicted octanol–water partition coefficient (Wildman–Crippen LogP) is 0.956. The molecule has 1 rings (SSSR count). The summed E-state index contributed by atoms with van der Waals surface area (Å²) in [5.41, 5.74) is 0.314. The Hall–Kier alpha value is -0.0500. The van der Waals surface area contributed by atoms with Gasteiger partial charge in [-0.3, -0.25) is 4.99 Å². The molecule has 18 heavy (non-hydrogen) atoms. The zero-order chi connectivity index (χ0) is 13.1. The molecule has 7 heteroatoms. The van der Waals surface area contributed by atoms with Gasteiger partial charge in [-0.2, -0.15) is 0 Å². The van der Waals surface area contributed by atoms with Crippen molar-refractivity contribution in [2.24, 2.45) is 10.4 Å². The number of aliphatic imine (C=N–C) groups is 1. The molecule has 0 aromatic carbocycles. The van der Waals surface area contributed by atoms with Crippen LogP contribution in [0.3, 0.4) is 0 Å². The molecule has 0 aromatic heterocycles. The molecule has 0 saturated carbocycles. The first kappa shape index (κ1) is 17.9. The third-order valence-corrected chi connectivity index (χ3v) is 3.89. The van der Waals surface area contributed by atoms with E-state index >= 15 is 0 Å². The van der Waals surface area contributed by atoms with Crippen LogP contribution in [-0.4, -0.2) is 58.0 Å². The van der Waals surface area contributed by atoms with Crippen LogP contribution >= 0.6 is 24.0 Å². The number of guanidine groups is 1. The van der Waals surface area contributed by atoms with Gasteiger partial charge < -0.3 is 10.2 Å². The number of nitrogens with zero attached hydrogens (tertiary/aromatic N) is 2. The van der Waals surface area contributed by atoms with Crippen LogP contribution in [0.2, 0.25) is 0 Å². The maximum atomic E-state index is 11.0. The van der Waals surface area contributed by atoms with Crippen molar-refractivity contribution < 1.29 is 8.42 Å². The van der Waals surface area contributed by atoms with Gasteiger partial charge in [0.2, 0.25) is 0 Å². The Morgan fingerprint density at radius 3 is 2.44 bits per heavy atom. The second-order valence-corrected chi connectivity index (χ2v) is 7.70. The summed E-state index contributed by atoms with van der Waals surface area (Å²) in [5.74, 6) is 0.947. The molecule has 108 valence electrons. The Morgan fingerprint density at radius 2 is 2.06 bits per heavy atom. The molecule has 0 radical (unpaired) electrons. The van der Waals surface area contributed by atoms with E-state index in [9.17, 15) is 8.42 Å². The van der Waals surface area contributed by atoms with Crippen LogP contribution in [0.25, 0.3) is 0 Å². The first-order valence-electron chi connectivity index (χ1n) is 5.87. The standard InChI is InChI=1S/C11H23N3O2S.HI/c1-11(2)5-7-14(9-11)10(12-3)13-6-8-17(4,15)16;/h5-9H2,1-4H3,(H,12,13);1H. The lowest BCUT2D eigenvalue weighted by Crippen LogP contribution is -2.42. The molecule has 0 bridgehead atoms. The van der Waals surface area contributed by atoms with E-state index < -0.39 is 9.84 Å². The lowest BCUT2D eigenvalue weighted by molar-refractivity contribution is 0.370. The van der Waals surface area contributed by atoms with Crippen LogP contribution in [-0.2, 0) is 9.84 Å². The first-order valence-corrected chi connectivity index (χ1v) is 7.93. The van der Waals surface area contributed by atoms with Gasteiger partial charge in [0.15, 0.2) is 5.96 Å². The number of hydrogen-bond donors (Lipinski definition) is 1. The molecule has 0 amide bonds. The van der Waals surface area contributed by atoms with Gasteiger partial charge in [-0.15, -0.1) is 24.0 Å². The molecule has 0 atom stereocenters. The van der Waals surface area contributed by atoms with Crippen LogP contribution in [0.1, 0.15) is 20.3 Å². The molecule has 0 unspecified atom stereocenters. The largest absolute Gasteiger partial charge is 0.355 e. The molecule has 0 spiro atoms. The van der Waals surface area contributed by atoms with E-state index in [1.165, 1.54) is 6.26 Å². The minimum Gasteiger partial charge on any atom is -0.355 e. The highest BCUT2D eigenvalue weighted by atomic mass is 127. The summed E-state index contributed by atoms with van der Waals surface area (Å²) in [6.45, 7) is 6.83. The highest BCUT2D eigenvalue weighted by Crippen LogP contribution is 2.28. The fourth-order valence-electron chi connectivity index (χ4n) is 1.97. The second kappa shape index (κ2) is 6.93. The SMILES string of the molecule is CN=C(NCCS(C)(=O)=O)N1CCC(C)(C)C1.I. The third-order valence-electron chi connectivity index (χ3n) is 2.94. The highest BCUT2D eigenvalue weighted by molar-refractivity contribution is 14.0. The number of halogens is 1. The van der Waals surface area contributed by atoms with Gasteiger partial charge in [0.25, 0.3) is 0 Å². The Morgan fingerprint density at radius 1 is 1.44 bits per heavy atom. The Kier molecular flexibility index (Phi) is 6.91. The summed E-state index contributed by atoms with van der Waals surface area (Å²) < 4.78 is 22.1. The van der Waals surface area contributed by atoms with Gasteiger partial charge in [-0.05, 0) is 11.8 Å². The van der Waals surface area contributed by atoms with Gasteiger partial charge >= 0.3 is 0 Å².